The Bertz CT molecular complexity index is 785. The topological polar surface area (TPSA) is 25.2 Å². The zero-order valence-electron chi connectivity index (χ0n) is 11.0. The van der Waals surface area contributed by atoms with Gasteiger partial charge in [-0.25, -0.2) is 4.39 Å². The maximum atomic E-state index is 13.1. The van der Waals surface area contributed by atoms with Crippen molar-refractivity contribution in [1.82, 2.24) is 5.32 Å². The van der Waals surface area contributed by atoms with Gasteiger partial charge in [-0.15, -0.1) is 0 Å². The molecule has 108 valence electrons. The quantitative estimate of drug-likeness (QED) is 0.716. The Morgan fingerprint density at radius 3 is 2.67 bits per heavy atom. The second kappa shape index (κ2) is 6.06. The zero-order chi connectivity index (χ0) is 14.8. The zero-order valence-corrected chi connectivity index (χ0v) is 12.5. The van der Waals surface area contributed by atoms with Crippen LogP contribution in [0.25, 0.3) is 11.0 Å². The highest BCUT2D eigenvalue weighted by Gasteiger charge is 2.11. The Kier molecular flexibility index (Phi) is 4.15. The van der Waals surface area contributed by atoms with Gasteiger partial charge in [-0.3, -0.25) is 0 Å². The molecule has 0 atom stereocenters. The van der Waals surface area contributed by atoms with Gasteiger partial charge in [0.1, 0.15) is 11.4 Å². The van der Waals surface area contributed by atoms with Crippen molar-refractivity contribution in [2.75, 3.05) is 0 Å². The van der Waals surface area contributed by atoms with Crippen LogP contribution >= 0.6 is 23.2 Å². The molecule has 1 heterocycles. The number of halogens is 3. The Morgan fingerprint density at radius 2 is 1.86 bits per heavy atom. The van der Waals surface area contributed by atoms with E-state index in [-0.39, 0.29) is 5.02 Å². The van der Waals surface area contributed by atoms with Gasteiger partial charge in [0.05, 0.1) is 5.02 Å². The summed E-state index contributed by atoms with van der Waals surface area (Å²) in [7, 11) is 0. The molecule has 21 heavy (non-hydrogen) atoms. The molecule has 1 N–H and O–H groups in total. The largest absolute Gasteiger partial charge is 0.444 e. The van der Waals surface area contributed by atoms with Crippen LogP contribution in [-0.2, 0) is 13.1 Å². The Hall–Kier alpha value is -1.55. The minimum absolute atomic E-state index is 0.126. The summed E-state index contributed by atoms with van der Waals surface area (Å²) in [5.41, 5.74) is 2.59. The van der Waals surface area contributed by atoms with Crippen molar-refractivity contribution < 1.29 is 8.81 Å². The fraction of sp³-hybridized carbons (Fsp3) is 0.125. The van der Waals surface area contributed by atoms with Gasteiger partial charge in [-0.1, -0.05) is 35.9 Å². The summed E-state index contributed by atoms with van der Waals surface area (Å²) >= 11 is 11.9. The summed E-state index contributed by atoms with van der Waals surface area (Å²) in [6.45, 7) is 1.13. The molecule has 3 aromatic rings. The van der Waals surface area contributed by atoms with Crippen molar-refractivity contribution in [3.05, 3.63) is 69.7 Å². The van der Waals surface area contributed by atoms with E-state index < -0.39 is 5.82 Å². The lowest BCUT2D eigenvalue weighted by Crippen LogP contribution is -2.12. The van der Waals surface area contributed by atoms with Gasteiger partial charge in [-0.2, -0.15) is 0 Å². The standard InChI is InChI=1S/C16H12Cl2FNO/c17-13-7-10(5-6-14(13)19)8-20-9-12-11-3-1-2-4-15(11)21-16(12)18/h1-7,20H,8-9H2. The van der Waals surface area contributed by atoms with Crippen LogP contribution in [0.5, 0.6) is 0 Å². The third-order valence-electron chi connectivity index (χ3n) is 3.26. The molecular weight excluding hydrogens is 312 g/mol. The molecule has 2 aromatic carbocycles. The molecule has 0 saturated heterocycles. The van der Waals surface area contributed by atoms with Crippen molar-refractivity contribution in [2.45, 2.75) is 13.1 Å². The van der Waals surface area contributed by atoms with E-state index in [1.807, 2.05) is 24.3 Å². The van der Waals surface area contributed by atoms with Gasteiger partial charge in [-0.05, 0) is 35.4 Å². The summed E-state index contributed by atoms with van der Waals surface area (Å²) in [6, 6.07) is 12.4. The number of hydrogen-bond acceptors (Lipinski definition) is 2. The lowest BCUT2D eigenvalue weighted by molar-refractivity contribution is 0.603. The van der Waals surface area contributed by atoms with E-state index >= 15 is 0 Å². The summed E-state index contributed by atoms with van der Waals surface area (Å²) < 4.78 is 18.6. The number of hydrogen-bond donors (Lipinski definition) is 1. The molecule has 0 unspecified atom stereocenters. The van der Waals surface area contributed by atoms with E-state index in [1.54, 1.807) is 12.1 Å². The van der Waals surface area contributed by atoms with Crippen LogP contribution in [0, 0.1) is 5.82 Å². The van der Waals surface area contributed by atoms with E-state index in [9.17, 15) is 4.39 Å². The normalized spacial score (nSPS) is 11.2. The highest BCUT2D eigenvalue weighted by Crippen LogP contribution is 2.29. The van der Waals surface area contributed by atoms with Gasteiger partial charge in [0.25, 0.3) is 0 Å². The molecule has 0 aliphatic heterocycles. The van der Waals surface area contributed by atoms with Crippen molar-refractivity contribution in [2.24, 2.45) is 0 Å². The predicted molar refractivity (Wildman–Crippen MR) is 83.2 cm³/mol. The van der Waals surface area contributed by atoms with Gasteiger partial charge >= 0.3 is 0 Å². The van der Waals surface area contributed by atoms with Crippen LogP contribution < -0.4 is 5.32 Å². The molecule has 0 bridgehead atoms. The number of benzene rings is 2. The first kappa shape index (κ1) is 14.4. The van der Waals surface area contributed by atoms with E-state index in [4.69, 9.17) is 27.6 Å². The Morgan fingerprint density at radius 1 is 1.05 bits per heavy atom. The summed E-state index contributed by atoms with van der Waals surface area (Å²) in [6.07, 6.45) is 0. The molecule has 1 aromatic heterocycles. The van der Waals surface area contributed by atoms with Crippen LogP contribution in [0.3, 0.4) is 0 Å². The first-order chi connectivity index (χ1) is 10.1. The van der Waals surface area contributed by atoms with Gasteiger partial charge in [0.15, 0.2) is 5.22 Å². The molecule has 0 aliphatic rings. The highest BCUT2D eigenvalue weighted by atomic mass is 35.5. The van der Waals surface area contributed by atoms with E-state index in [0.29, 0.717) is 18.3 Å². The second-order valence-corrected chi connectivity index (χ2v) is 5.45. The molecule has 2 nitrogen and oxygen atoms in total. The van der Waals surface area contributed by atoms with Crippen LogP contribution in [0.15, 0.2) is 46.9 Å². The summed E-state index contributed by atoms with van der Waals surface area (Å²) in [5, 5.41) is 4.77. The molecule has 0 amide bonds. The van der Waals surface area contributed by atoms with Crippen LogP contribution in [0.4, 0.5) is 4.39 Å². The monoisotopic (exact) mass is 323 g/mol. The lowest BCUT2D eigenvalue weighted by atomic mass is 10.1. The number of furan rings is 1. The number of nitrogens with one attached hydrogen (secondary N) is 1. The average molecular weight is 324 g/mol. The minimum atomic E-state index is -0.413. The van der Waals surface area contributed by atoms with E-state index in [0.717, 1.165) is 22.1 Å². The van der Waals surface area contributed by atoms with Gasteiger partial charge in [0, 0.05) is 24.0 Å². The van der Waals surface area contributed by atoms with Crippen LogP contribution in [0.1, 0.15) is 11.1 Å². The SMILES string of the molecule is Fc1ccc(CNCc2c(Cl)oc3ccccc23)cc1Cl. The van der Waals surface area contributed by atoms with E-state index in [1.165, 1.54) is 6.07 Å². The smallest absolute Gasteiger partial charge is 0.199 e. The Labute approximate surface area is 131 Å². The van der Waals surface area contributed by atoms with Crippen LogP contribution in [0.2, 0.25) is 10.2 Å². The third kappa shape index (κ3) is 3.05. The van der Waals surface area contributed by atoms with Crippen molar-refractivity contribution in [3.8, 4) is 0 Å². The fourth-order valence-corrected chi connectivity index (χ4v) is 2.67. The third-order valence-corrected chi connectivity index (χ3v) is 3.86. The molecule has 0 saturated carbocycles. The highest BCUT2D eigenvalue weighted by molar-refractivity contribution is 6.31. The number of fused-ring (bicyclic) bond motifs is 1. The second-order valence-electron chi connectivity index (χ2n) is 4.70. The number of para-hydroxylation sites is 1. The minimum Gasteiger partial charge on any atom is -0.444 e. The molecule has 5 heteroatoms. The van der Waals surface area contributed by atoms with Gasteiger partial charge in [0.2, 0.25) is 0 Å². The first-order valence-corrected chi connectivity index (χ1v) is 7.21. The predicted octanol–water partition coefficient (Wildman–Crippen LogP) is 5.17. The Balaban J connectivity index is 1.72. The molecule has 0 aliphatic carbocycles. The molecular formula is C16H12Cl2FNO. The fourth-order valence-electron chi connectivity index (χ4n) is 2.22. The average Bonchev–Trinajstić information content (AvgIpc) is 2.79. The van der Waals surface area contributed by atoms with Gasteiger partial charge < -0.3 is 9.73 Å². The molecule has 3 rings (SSSR count). The van der Waals surface area contributed by atoms with E-state index in [2.05, 4.69) is 5.32 Å². The van der Waals surface area contributed by atoms with Crippen molar-refractivity contribution in [1.29, 1.82) is 0 Å². The number of rotatable bonds is 4. The first-order valence-electron chi connectivity index (χ1n) is 6.45. The molecule has 0 spiro atoms. The summed E-state index contributed by atoms with van der Waals surface area (Å²) in [4.78, 5) is 0. The maximum absolute atomic E-state index is 13.1. The van der Waals surface area contributed by atoms with Crippen molar-refractivity contribution in [3.63, 3.8) is 0 Å². The lowest BCUT2D eigenvalue weighted by Gasteiger charge is -2.05. The molecule has 0 radical (unpaired) electrons. The maximum Gasteiger partial charge on any atom is 0.199 e. The summed E-state index contributed by atoms with van der Waals surface area (Å²) in [5.74, 6) is -0.413. The van der Waals surface area contributed by atoms with Crippen LogP contribution in [-0.4, -0.2) is 0 Å². The van der Waals surface area contributed by atoms with Crippen molar-refractivity contribution >= 4 is 34.2 Å². The molecule has 0 fully saturated rings.